The van der Waals surface area contributed by atoms with E-state index in [2.05, 4.69) is 27.7 Å². The van der Waals surface area contributed by atoms with Gasteiger partial charge in [-0.1, -0.05) is 34.1 Å². The molecule has 0 saturated carbocycles. The average molecular weight is 216 g/mol. The van der Waals surface area contributed by atoms with Gasteiger partial charge in [0, 0.05) is 5.25 Å². The quantitative estimate of drug-likeness (QED) is 0.707. The monoisotopic (exact) mass is 216 g/mol. The summed E-state index contributed by atoms with van der Waals surface area (Å²) in [5.41, 5.74) is 0.371. The van der Waals surface area contributed by atoms with Gasteiger partial charge in [-0.15, -0.1) is 11.8 Å². The smallest absolute Gasteiger partial charge is 0.0923 e. The van der Waals surface area contributed by atoms with Gasteiger partial charge in [-0.05, 0) is 24.2 Å². The molecule has 1 nitrogen and oxygen atoms in total. The van der Waals surface area contributed by atoms with Gasteiger partial charge in [0.05, 0.1) is 12.5 Å². The Kier molecular flexibility index (Phi) is 4.78. The predicted molar refractivity (Wildman–Crippen MR) is 64.7 cm³/mol. The standard InChI is InChI=1S/C12H24OS/c1-5-6-10(2)11-7-12(3,4)8-13-9-14-11/h10-11H,5-9H2,1-4H3. The second-order valence-electron chi connectivity index (χ2n) is 5.31. The maximum Gasteiger partial charge on any atom is 0.0923 e. The zero-order chi connectivity index (χ0) is 10.6. The van der Waals surface area contributed by atoms with Gasteiger partial charge in [-0.2, -0.15) is 0 Å². The van der Waals surface area contributed by atoms with Crippen LogP contribution in [0.4, 0.5) is 0 Å². The van der Waals surface area contributed by atoms with Crippen molar-refractivity contribution in [3.8, 4) is 0 Å². The van der Waals surface area contributed by atoms with Gasteiger partial charge in [0.2, 0.25) is 0 Å². The third-order valence-electron chi connectivity index (χ3n) is 2.99. The topological polar surface area (TPSA) is 9.23 Å². The average Bonchev–Trinajstić information content (AvgIpc) is 2.27. The molecule has 1 aliphatic rings. The predicted octanol–water partition coefficient (Wildman–Crippen LogP) is 3.93. The molecule has 0 amide bonds. The van der Waals surface area contributed by atoms with Crippen LogP contribution < -0.4 is 0 Å². The Labute approximate surface area is 93.0 Å². The molecule has 0 aliphatic carbocycles. The highest BCUT2D eigenvalue weighted by Gasteiger charge is 2.29. The van der Waals surface area contributed by atoms with E-state index in [9.17, 15) is 0 Å². The van der Waals surface area contributed by atoms with Gasteiger partial charge < -0.3 is 4.74 Å². The summed E-state index contributed by atoms with van der Waals surface area (Å²) in [6, 6.07) is 0. The second-order valence-corrected chi connectivity index (χ2v) is 6.48. The molecule has 2 heteroatoms. The molecule has 0 bridgehead atoms. The third-order valence-corrected chi connectivity index (χ3v) is 4.35. The minimum atomic E-state index is 0.371. The normalized spacial score (nSPS) is 29.6. The Hall–Kier alpha value is 0.310. The number of rotatable bonds is 3. The Morgan fingerprint density at radius 2 is 2.21 bits per heavy atom. The second kappa shape index (κ2) is 5.41. The third kappa shape index (κ3) is 3.82. The van der Waals surface area contributed by atoms with Crippen LogP contribution in [0, 0.1) is 11.3 Å². The molecule has 0 aromatic rings. The lowest BCUT2D eigenvalue weighted by Crippen LogP contribution is -2.24. The van der Waals surface area contributed by atoms with Crippen LogP contribution in [0.2, 0.25) is 0 Å². The molecule has 1 saturated heterocycles. The van der Waals surface area contributed by atoms with E-state index in [4.69, 9.17) is 4.74 Å². The van der Waals surface area contributed by atoms with Crippen molar-refractivity contribution in [2.45, 2.75) is 52.2 Å². The minimum absolute atomic E-state index is 0.371. The van der Waals surface area contributed by atoms with Crippen molar-refractivity contribution >= 4 is 11.8 Å². The highest BCUT2D eigenvalue weighted by molar-refractivity contribution is 7.99. The first-order valence-electron chi connectivity index (χ1n) is 5.74. The van der Waals surface area contributed by atoms with Gasteiger partial charge >= 0.3 is 0 Å². The van der Waals surface area contributed by atoms with Gasteiger partial charge in [0.15, 0.2) is 0 Å². The fraction of sp³-hybridized carbons (Fsp3) is 1.00. The molecule has 1 aliphatic heterocycles. The molecular weight excluding hydrogens is 192 g/mol. The molecule has 2 atom stereocenters. The van der Waals surface area contributed by atoms with Crippen molar-refractivity contribution < 1.29 is 4.74 Å². The molecule has 0 aromatic heterocycles. The van der Waals surface area contributed by atoms with Crippen molar-refractivity contribution in [1.82, 2.24) is 0 Å². The number of hydrogen-bond acceptors (Lipinski definition) is 2. The summed E-state index contributed by atoms with van der Waals surface area (Å²) in [4.78, 5) is 0. The van der Waals surface area contributed by atoms with E-state index >= 15 is 0 Å². The van der Waals surface area contributed by atoms with E-state index in [1.165, 1.54) is 19.3 Å². The van der Waals surface area contributed by atoms with E-state index in [0.29, 0.717) is 5.41 Å². The molecule has 14 heavy (non-hydrogen) atoms. The lowest BCUT2D eigenvalue weighted by atomic mass is 9.84. The van der Waals surface area contributed by atoms with Gasteiger partial charge in [0.25, 0.3) is 0 Å². The molecular formula is C12H24OS. The van der Waals surface area contributed by atoms with Gasteiger partial charge in [-0.3, -0.25) is 0 Å². The fourth-order valence-corrected chi connectivity index (χ4v) is 3.51. The van der Waals surface area contributed by atoms with E-state index in [0.717, 1.165) is 23.7 Å². The highest BCUT2D eigenvalue weighted by Crippen LogP contribution is 2.37. The fourth-order valence-electron chi connectivity index (χ4n) is 2.12. The summed E-state index contributed by atoms with van der Waals surface area (Å²) in [6.07, 6.45) is 3.96. The minimum Gasteiger partial charge on any atom is -0.370 e. The summed E-state index contributed by atoms with van der Waals surface area (Å²) < 4.78 is 5.63. The van der Waals surface area contributed by atoms with Crippen LogP contribution in [0.1, 0.15) is 47.0 Å². The maximum atomic E-state index is 5.63. The van der Waals surface area contributed by atoms with Gasteiger partial charge in [0.1, 0.15) is 0 Å². The Bertz CT molecular complexity index is 168. The summed E-state index contributed by atoms with van der Waals surface area (Å²) in [7, 11) is 0. The first-order valence-corrected chi connectivity index (χ1v) is 6.79. The largest absolute Gasteiger partial charge is 0.370 e. The van der Waals surface area contributed by atoms with Crippen LogP contribution in [-0.2, 0) is 4.74 Å². The Morgan fingerprint density at radius 3 is 2.86 bits per heavy atom. The van der Waals surface area contributed by atoms with Crippen LogP contribution in [0.15, 0.2) is 0 Å². The van der Waals surface area contributed by atoms with Gasteiger partial charge in [-0.25, -0.2) is 0 Å². The molecule has 0 spiro atoms. The highest BCUT2D eigenvalue weighted by atomic mass is 32.2. The Morgan fingerprint density at radius 1 is 1.50 bits per heavy atom. The summed E-state index contributed by atoms with van der Waals surface area (Å²) >= 11 is 2.01. The van der Waals surface area contributed by atoms with E-state index in [1.54, 1.807) is 0 Å². The Balaban J connectivity index is 2.50. The molecule has 0 aromatic carbocycles. The van der Waals surface area contributed by atoms with E-state index < -0.39 is 0 Å². The van der Waals surface area contributed by atoms with E-state index in [-0.39, 0.29) is 0 Å². The van der Waals surface area contributed by atoms with Crippen molar-refractivity contribution in [2.24, 2.45) is 11.3 Å². The summed E-state index contributed by atoms with van der Waals surface area (Å²) in [6.45, 7) is 10.2. The van der Waals surface area contributed by atoms with Crippen LogP contribution in [0.25, 0.3) is 0 Å². The molecule has 1 fully saturated rings. The van der Waals surface area contributed by atoms with Crippen molar-refractivity contribution in [2.75, 3.05) is 12.5 Å². The van der Waals surface area contributed by atoms with Crippen LogP contribution in [0.3, 0.4) is 0 Å². The number of ether oxygens (including phenoxy) is 1. The lowest BCUT2D eigenvalue weighted by molar-refractivity contribution is 0.0938. The van der Waals surface area contributed by atoms with E-state index in [1.807, 2.05) is 11.8 Å². The summed E-state index contributed by atoms with van der Waals surface area (Å²) in [5, 5.41) is 0.799. The van der Waals surface area contributed by atoms with Crippen molar-refractivity contribution in [3.05, 3.63) is 0 Å². The molecule has 84 valence electrons. The first kappa shape index (κ1) is 12.4. The van der Waals surface area contributed by atoms with Crippen LogP contribution in [0.5, 0.6) is 0 Å². The molecule has 1 heterocycles. The molecule has 0 radical (unpaired) electrons. The number of thioether (sulfide) groups is 1. The molecule has 0 N–H and O–H groups in total. The first-order chi connectivity index (χ1) is 6.55. The van der Waals surface area contributed by atoms with Crippen molar-refractivity contribution in [1.29, 1.82) is 0 Å². The van der Waals surface area contributed by atoms with Crippen LogP contribution in [-0.4, -0.2) is 17.8 Å². The number of hydrogen-bond donors (Lipinski definition) is 0. The zero-order valence-electron chi connectivity index (χ0n) is 10.0. The van der Waals surface area contributed by atoms with Crippen LogP contribution >= 0.6 is 11.8 Å². The molecule has 1 rings (SSSR count). The zero-order valence-corrected chi connectivity index (χ0v) is 10.8. The van der Waals surface area contributed by atoms with Crippen molar-refractivity contribution in [3.63, 3.8) is 0 Å². The summed E-state index contributed by atoms with van der Waals surface area (Å²) in [5.74, 6) is 1.73. The lowest BCUT2D eigenvalue weighted by Gasteiger charge is -2.28. The molecule has 2 unspecified atom stereocenters. The maximum absolute atomic E-state index is 5.63. The SMILES string of the molecule is CCCC(C)C1CC(C)(C)COCS1.